The highest BCUT2D eigenvalue weighted by Crippen LogP contribution is 2.48. The molecule has 0 unspecified atom stereocenters. The molecule has 0 saturated carbocycles. The van der Waals surface area contributed by atoms with E-state index >= 15 is 0 Å². The average molecular weight is 812 g/mol. The van der Waals surface area contributed by atoms with Crippen molar-refractivity contribution in [1.29, 1.82) is 0 Å². The third-order valence-corrected chi connectivity index (χ3v) is 12.4. The molecule has 1 nitrogen and oxygen atoms in total. The second kappa shape index (κ2) is 14.2. The Hall–Kier alpha value is -8.26. The van der Waals surface area contributed by atoms with Gasteiger partial charge in [-0.15, -0.1) is 0 Å². The van der Waals surface area contributed by atoms with E-state index in [0.29, 0.717) is 16.3 Å². The summed E-state index contributed by atoms with van der Waals surface area (Å²) in [7, 11) is 0. The van der Waals surface area contributed by atoms with E-state index in [2.05, 4.69) is 48.5 Å². The zero-order valence-corrected chi connectivity index (χ0v) is 33.3. The van der Waals surface area contributed by atoms with Gasteiger partial charge in [0, 0.05) is 10.8 Å². The molecule has 63 heavy (non-hydrogen) atoms. The summed E-state index contributed by atoms with van der Waals surface area (Å²) >= 11 is 0. The van der Waals surface area contributed by atoms with Crippen molar-refractivity contribution < 1.29 is 22.2 Å². The van der Waals surface area contributed by atoms with Gasteiger partial charge in [-0.1, -0.05) is 200 Å². The van der Waals surface area contributed by atoms with Gasteiger partial charge in [0.15, 0.2) is 0 Å². The summed E-state index contributed by atoms with van der Waals surface area (Å²) < 4.78 is 125. The average Bonchev–Trinajstić information content (AvgIpc) is 3.83. The molecule has 1 heteroatoms. The van der Waals surface area contributed by atoms with Crippen LogP contribution in [0, 0.1) is 0 Å². The van der Waals surface area contributed by atoms with E-state index in [1.807, 2.05) is 60.7 Å². The minimum absolute atomic E-state index is 0.000451. The summed E-state index contributed by atoms with van der Waals surface area (Å²) in [5.41, 5.74) is 6.45. The van der Waals surface area contributed by atoms with Crippen molar-refractivity contribution in [3.63, 3.8) is 0 Å². The third-order valence-electron chi connectivity index (χ3n) is 12.4. The van der Waals surface area contributed by atoms with Crippen LogP contribution in [0.25, 0.3) is 131 Å². The molecule has 0 amide bonds. The highest BCUT2D eigenvalue weighted by Gasteiger charge is 2.21. The lowest BCUT2D eigenvalue weighted by atomic mass is 9.82. The molecule has 1 aromatic heterocycles. The minimum Gasteiger partial charge on any atom is -0.456 e. The van der Waals surface area contributed by atoms with Crippen LogP contribution in [0.3, 0.4) is 0 Å². The largest absolute Gasteiger partial charge is 0.456 e. The second-order valence-corrected chi connectivity index (χ2v) is 15.8. The SMILES string of the molecule is [2H]c1c([2H])c([2H])c(-c2c(-c3c4c([2H])c([2H])c([2H])c([2H])c4c(-c4ccc5cc(-c6ccc(-c7ccc8oc9ccccc9c8c7)c7ccccc67)ccc5c4)c4c([2H])c([2H])c([2H])c([2H])c34)ccc3ccccc23)c([2H])c1[2H]. The molecule has 0 spiro atoms. The van der Waals surface area contributed by atoms with Crippen LogP contribution in [0.2, 0.25) is 0 Å². The van der Waals surface area contributed by atoms with Crippen LogP contribution in [0.5, 0.6) is 0 Å². The lowest BCUT2D eigenvalue weighted by molar-refractivity contribution is 0.669. The first-order chi connectivity index (χ1) is 36.6. The number of para-hydroxylation sites is 1. The fraction of sp³-hybridized carbons (Fsp3) is 0. The van der Waals surface area contributed by atoms with E-state index in [4.69, 9.17) is 14.0 Å². The number of rotatable bonds is 5. The Morgan fingerprint density at radius 3 is 1.46 bits per heavy atom. The van der Waals surface area contributed by atoms with E-state index in [0.717, 1.165) is 65.7 Å². The molecular weight excluding hydrogens is 761 g/mol. The van der Waals surface area contributed by atoms with E-state index in [-0.39, 0.29) is 49.4 Å². The van der Waals surface area contributed by atoms with Gasteiger partial charge in [0.1, 0.15) is 11.2 Å². The van der Waals surface area contributed by atoms with E-state index in [9.17, 15) is 8.22 Å². The van der Waals surface area contributed by atoms with Crippen molar-refractivity contribution in [2.45, 2.75) is 0 Å². The molecule has 0 radical (unpaired) electrons. The smallest absolute Gasteiger partial charge is 0.135 e. The molecule has 0 aliphatic carbocycles. The number of fused-ring (bicyclic) bond motifs is 8. The van der Waals surface area contributed by atoms with Gasteiger partial charge in [-0.25, -0.2) is 0 Å². The Morgan fingerprint density at radius 1 is 0.270 bits per heavy atom. The van der Waals surface area contributed by atoms with Gasteiger partial charge in [0.25, 0.3) is 0 Å². The molecule has 0 bridgehead atoms. The van der Waals surface area contributed by atoms with Crippen LogP contribution in [0.4, 0.5) is 0 Å². The fourth-order valence-corrected chi connectivity index (χ4v) is 9.57. The molecule has 0 aliphatic rings. The Labute approximate surface area is 383 Å². The van der Waals surface area contributed by atoms with Gasteiger partial charge in [-0.2, -0.15) is 0 Å². The van der Waals surface area contributed by atoms with E-state index < -0.39 is 78.6 Å². The first kappa shape index (κ1) is 24.9. The lowest BCUT2D eigenvalue weighted by Gasteiger charge is -2.21. The Balaban J connectivity index is 1.05. The molecule has 0 atom stereocenters. The first-order valence-corrected chi connectivity index (χ1v) is 20.7. The molecule has 0 saturated heterocycles. The van der Waals surface area contributed by atoms with Gasteiger partial charge < -0.3 is 4.42 Å². The summed E-state index contributed by atoms with van der Waals surface area (Å²) in [5.74, 6) is 0. The summed E-state index contributed by atoms with van der Waals surface area (Å²) in [6, 6.07) is 41.9. The van der Waals surface area contributed by atoms with Crippen LogP contribution in [-0.2, 0) is 0 Å². The quantitative estimate of drug-likeness (QED) is 0.158. The van der Waals surface area contributed by atoms with Gasteiger partial charge in [0.2, 0.25) is 0 Å². The first-order valence-electron chi connectivity index (χ1n) is 27.2. The number of furan rings is 1. The monoisotopic (exact) mass is 811 g/mol. The molecule has 1 heterocycles. The maximum atomic E-state index is 9.65. The van der Waals surface area contributed by atoms with Crippen molar-refractivity contribution in [2.75, 3.05) is 0 Å². The highest BCUT2D eigenvalue weighted by molar-refractivity contribution is 6.24. The van der Waals surface area contributed by atoms with Crippen LogP contribution >= 0.6 is 0 Å². The molecule has 0 N–H and O–H groups in total. The maximum absolute atomic E-state index is 9.65. The van der Waals surface area contributed by atoms with Gasteiger partial charge in [-0.3, -0.25) is 0 Å². The number of benzene rings is 12. The summed E-state index contributed by atoms with van der Waals surface area (Å²) in [5, 5.41) is 6.75. The summed E-state index contributed by atoms with van der Waals surface area (Å²) in [6.45, 7) is 0. The standard InChI is InChI=1S/C62H38O/c1-2-15-40(16-3-1)60-48-17-5-4-14-39(48)30-32-56(60)62-54-23-10-8-21-52(54)61(53-22-9-11-24-55(53)62)45-29-27-41-36-43(28-26-42(41)37-45)46-33-34-47(50-19-7-6-18-49(46)50)44-31-35-59-57(38-44)51-20-12-13-25-58(51)63-59/h1-38H/i1D,2D,3D,8D,9D,10D,11D,15D,16D,21D,22D,23D,24D. The molecular formula is C62H38O. The third kappa shape index (κ3) is 5.64. The number of hydrogen-bond donors (Lipinski definition) is 0. The Bertz CT molecular complexity index is 4640. The van der Waals surface area contributed by atoms with Crippen molar-refractivity contribution in [1.82, 2.24) is 0 Å². The topological polar surface area (TPSA) is 13.1 Å². The van der Waals surface area contributed by atoms with E-state index in [1.165, 1.54) is 0 Å². The van der Waals surface area contributed by atoms with Crippen LogP contribution < -0.4 is 0 Å². The lowest BCUT2D eigenvalue weighted by Crippen LogP contribution is -1.93. The van der Waals surface area contributed by atoms with Crippen LogP contribution in [0.1, 0.15) is 17.8 Å². The second-order valence-electron chi connectivity index (χ2n) is 15.8. The Kier molecular flexibility index (Phi) is 5.59. The zero-order valence-electron chi connectivity index (χ0n) is 46.3. The van der Waals surface area contributed by atoms with Gasteiger partial charge >= 0.3 is 0 Å². The van der Waals surface area contributed by atoms with Crippen LogP contribution in [0.15, 0.2) is 235 Å². The van der Waals surface area contributed by atoms with Crippen molar-refractivity contribution in [3.05, 3.63) is 230 Å². The summed E-state index contributed by atoms with van der Waals surface area (Å²) in [6.07, 6.45) is 0. The van der Waals surface area contributed by atoms with Crippen molar-refractivity contribution in [2.24, 2.45) is 0 Å². The number of hydrogen-bond acceptors (Lipinski definition) is 1. The molecule has 292 valence electrons. The molecule has 13 rings (SSSR count). The zero-order chi connectivity index (χ0) is 52.7. The fourth-order valence-electron chi connectivity index (χ4n) is 9.57. The maximum Gasteiger partial charge on any atom is 0.135 e. The van der Waals surface area contributed by atoms with Gasteiger partial charge in [0.05, 0.1) is 17.8 Å². The molecule has 12 aromatic carbocycles. The van der Waals surface area contributed by atoms with Crippen molar-refractivity contribution >= 4 is 75.8 Å². The predicted octanol–water partition coefficient (Wildman–Crippen LogP) is 17.7. The molecule has 0 aliphatic heterocycles. The Morgan fingerprint density at radius 2 is 0.762 bits per heavy atom. The molecule has 13 aromatic rings. The predicted molar refractivity (Wildman–Crippen MR) is 268 cm³/mol. The van der Waals surface area contributed by atoms with E-state index in [1.54, 1.807) is 42.5 Å². The van der Waals surface area contributed by atoms with Crippen molar-refractivity contribution in [3.8, 4) is 55.6 Å². The normalized spacial score (nSPS) is 14.7. The minimum atomic E-state index is -0.604. The summed E-state index contributed by atoms with van der Waals surface area (Å²) in [4.78, 5) is 0. The van der Waals surface area contributed by atoms with Gasteiger partial charge in [-0.05, 0) is 140 Å². The van der Waals surface area contributed by atoms with Crippen LogP contribution in [-0.4, -0.2) is 0 Å². The highest BCUT2D eigenvalue weighted by atomic mass is 16.3. The molecule has 0 fully saturated rings.